The van der Waals surface area contributed by atoms with Crippen LogP contribution in [0.3, 0.4) is 0 Å². The summed E-state index contributed by atoms with van der Waals surface area (Å²) in [4.78, 5) is 15.3. The monoisotopic (exact) mass is 263 g/mol. The van der Waals surface area contributed by atoms with Gasteiger partial charge < -0.3 is 20.6 Å². The fourth-order valence-electron chi connectivity index (χ4n) is 2.38. The highest BCUT2D eigenvalue weighted by Gasteiger charge is 2.21. The van der Waals surface area contributed by atoms with E-state index in [4.69, 9.17) is 5.73 Å². The number of anilines is 2. The van der Waals surface area contributed by atoms with Crippen molar-refractivity contribution < 1.29 is 9.90 Å². The Morgan fingerprint density at radius 1 is 1.47 bits per heavy atom. The van der Waals surface area contributed by atoms with Crippen LogP contribution in [0.25, 0.3) is 0 Å². The maximum absolute atomic E-state index is 11.6. The summed E-state index contributed by atoms with van der Waals surface area (Å²) in [7, 11) is 3.74. The molecule has 0 saturated heterocycles. The van der Waals surface area contributed by atoms with Crippen molar-refractivity contribution in [1.29, 1.82) is 0 Å². The first-order chi connectivity index (χ1) is 9.02. The molecule has 1 unspecified atom stereocenters. The van der Waals surface area contributed by atoms with E-state index in [0.29, 0.717) is 13.0 Å². The minimum absolute atomic E-state index is 0.159. The number of nitrogens with two attached hydrogens (primary N) is 1. The van der Waals surface area contributed by atoms with Gasteiger partial charge in [0.05, 0.1) is 6.10 Å². The second-order valence-corrected chi connectivity index (χ2v) is 5.04. The fourth-order valence-corrected chi connectivity index (χ4v) is 2.38. The van der Waals surface area contributed by atoms with Gasteiger partial charge in [-0.25, -0.2) is 0 Å². The summed E-state index contributed by atoms with van der Waals surface area (Å²) >= 11 is 0. The van der Waals surface area contributed by atoms with Crippen LogP contribution in [0.2, 0.25) is 0 Å². The highest BCUT2D eigenvalue weighted by molar-refractivity contribution is 5.96. The van der Waals surface area contributed by atoms with Gasteiger partial charge in [0.25, 0.3) is 0 Å². The first kappa shape index (κ1) is 13.8. The first-order valence-electron chi connectivity index (χ1n) is 6.51. The maximum atomic E-state index is 11.6. The van der Waals surface area contributed by atoms with Crippen LogP contribution >= 0.6 is 0 Å². The molecule has 5 heteroatoms. The number of nitrogens with zero attached hydrogens (tertiary/aromatic N) is 2. The van der Waals surface area contributed by atoms with E-state index >= 15 is 0 Å². The van der Waals surface area contributed by atoms with Crippen LogP contribution in [0.1, 0.15) is 12.0 Å². The molecule has 1 amide bonds. The summed E-state index contributed by atoms with van der Waals surface area (Å²) in [6.45, 7) is 0.760. The molecule has 2 rings (SSSR count). The summed E-state index contributed by atoms with van der Waals surface area (Å²) in [6, 6.07) is 6.02. The van der Waals surface area contributed by atoms with Gasteiger partial charge in [-0.2, -0.15) is 0 Å². The lowest BCUT2D eigenvalue weighted by Gasteiger charge is -2.28. The lowest BCUT2D eigenvalue weighted by Crippen LogP contribution is -2.34. The van der Waals surface area contributed by atoms with Crippen LogP contribution in [0, 0.1) is 0 Å². The van der Waals surface area contributed by atoms with Gasteiger partial charge in [0, 0.05) is 45.0 Å². The molecular formula is C14H21N3O2. The lowest BCUT2D eigenvalue weighted by atomic mass is 10.0. The Bertz CT molecular complexity index is 476. The number of aliphatic hydroxyl groups is 1. The van der Waals surface area contributed by atoms with Crippen molar-refractivity contribution in [3.63, 3.8) is 0 Å². The summed E-state index contributed by atoms with van der Waals surface area (Å²) < 4.78 is 0. The molecule has 0 bridgehead atoms. The zero-order chi connectivity index (χ0) is 14.0. The molecule has 0 aliphatic carbocycles. The molecule has 0 saturated carbocycles. The van der Waals surface area contributed by atoms with E-state index in [1.807, 2.05) is 31.1 Å². The molecule has 5 nitrogen and oxygen atoms in total. The third kappa shape index (κ3) is 2.88. The zero-order valence-electron chi connectivity index (χ0n) is 11.5. The van der Waals surface area contributed by atoms with Gasteiger partial charge in [-0.05, 0) is 30.2 Å². The smallest absolute Gasteiger partial charge is 0.227 e. The van der Waals surface area contributed by atoms with Gasteiger partial charge in [0.2, 0.25) is 5.91 Å². The van der Waals surface area contributed by atoms with Crippen LogP contribution in [0.15, 0.2) is 18.2 Å². The zero-order valence-corrected chi connectivity index (χ0v) is 11.5. The number of fused-ring (bicyclic) bond motifs is 1. The van der Waals surface area contributed by atoms with E-state index in [1.54, 1.807) is 4.90 Å². The van der Waals surface area contributed by atoms with Crippen molar-refractivity contribution in [2.45, 2.75) is 18.9 Å². The van der Waals surface area contributed by atoms with Gasteiger partial charge >= 0.3 is 0 Å². The van der Waals surface area contributed by atoms with Crippen LogP contribution in [0.4, 0.5) is 11.4 Å². The van der Waals surface area contributed by atoms with Crippen molar-refractivity contribution in [1.82, 2.24) is 0 Å². The van der Waals surface area contributed by atoms with E-state index in [-0.39, 0.29) is 12.5 Å². The van der Waals surface area contributed by atoms with E-state index < -0.39 is 6.10 Å². The topological polar surface area (TPSA) is 69.8 Å². The number of rotatable bonds is 4. The number of carbonyl (C=O) groups is 1. The summed E-state index contributed by atoms with van der Waals surface area (Å²) in [5.74, 6) is 0.159. The molecule has 0 spiro atoms. The number of hydrogen-bond acceptors (Lipinski definition) is 4. The number of aryl methyl sites for hydroxylation is 1. The second-order valence-electron chi connectivity index (χ2n) is 5.04. The van der Waals surface area contributed by atoms with E-state index in [9.17, 15) is 9.90 Å². The summed E-state index contributed by atoms with van der Waals surface area (Å²) in [5, 5.41) is 9.59. The Kier molecular flexibility index (Phi) is 4.07. The minimum atomic E-state index is -0.523. The minimum Gasteiger partial charge on any atom is -0.390 e. The third-order valence-corrected chi connectivity index (χ3v) is 3.60. The SMILES string of the molecule is CN(CC(O)CN)c1ccc2c(c1)CCC(=O)N2C. The number of amides is 1. The predicted octanol–water partition coefficient (Wildman–Crippen LogP) is 0.351. The van der Waals surface area contributed by atoms with Crippen molar-refractivity contribution in [2.75, 3.05) is 37.0 Å². The Morgan fingerprint density at radius 3 is 2.89 bits per heavy atom. The average Bonchev–Trinajstić information content (AvgIpc) is 2.42. The van der Waals surface area contributed by atoms with Crippen molar-refractivity contribution >= 4 is 17.3 Å². The van der Waals surface area contributed by atoms with Gasteiger partial charge in [-0.1, -0.05) is 0 Å². The molecule has 0 fully saturated rings. The molecular weight excluding hydrogens is 242 g/mol. The van der Waals surface area contributed by atoms with E-state index in [1.165, 1.54) is 5.56 Å². The van der Waals surface area contributed by atoms with Crippen LogP contribution in [-0.4, -0.2) is 44.3 Å². The van der Waals surface area contributed by atoms with Gasteiger partial charge in [-0.15, -0.1) is 0 Å². The maximum Gasteiger partial charge on any atom is 0.227 e. The molecule has 0 radical (unpaired) electrons. The molecule has 1 heterocycles. The number of aliphatic hydroxyl groups excluding tert-OH is 1. The molecule has 1 aromatic carbocycles. The second kappa shape index (κ2) is 5.59. The fraction of sp³-hybridized carbons (Fsp3) is 0.500. The van der Waals surface area contributed by atoms with Crippen LogP contribution in [0.5, 0.6) is 0 Å². The number of carbonyl (C=O) groups excluding carboxylic acids is 1. The predicted molar refractivity (Wildman–Crippen MR) is 76.5 cm³/mol. The highest BCUT2D eigenvalue weighted by atomic mass is 16.3. The Labute approximate surface area is 113 Å². The highest BCUT2D eigenvalue weighted by Crippen LogP contribution is 2.30. The summed E-state index contributed by atoms with van der Waals surface area (Å²) in [5.41, 5.74) is 8.61. The van der Waals surface area contributed by atoms with Crippen molar-refractivity contribution in [3.8, 4) is 0 Å². The number of hydrogen-bond donors (Lipinski definition) is 2. The average molecular weight is 263 g/mol. The van der Waals surface area contributed by atoms with Crippen LogP contribution in [-0.2, 0) is 11.2 Å². The Balaban J connectivity index is 2.19. The molecule has 1 aliphatic rings. The molecule has 0 aromatic heterocycles. The standard InChI is InChI=1S/C14H21N3O2/c1-16(9-12(18)8-15)11-4-5-13-10(7-11)3-6-14(19)17(13)2/h4-5,7,12,18H,3,6,8-9,15H2,1-2H3. The normalized spacial score (nSPS) is 16.2. The van der Waals surface area contributed by atoms with Gasteiger partial charge in [0.15, 0.2) is 0 Å². The Hall–Kier alpha value is -1.59. The molecule has 3 N–H and O–H groups in total. The third-order valence-electron chi connectivity index (χ3n) is 3.60. The van der Waals surface area contributed by atoms with Crippen molar-refractivity contribution in [2.24, 2.45) is 5.73 Å². The summed E-state index contributed by atoms with van der Waals surface area (Å²) in [6.07, 6.45) is 0.812. The van der Waals surface area contributed by atoms with E-state index in [0.717, 1.165) is 17.8 Å². The Morgan fingerprint density at radius 2 is 2.21 bits per heavy atom. The molecule has 1 atom stereocenters. The number of likely N-dealkylation sites (N-methyl/N-ethyl adjacent to an activating group) is 1. The molecule has 19 heavy (non-hydrogen) atoms. The van der Waals surface area contributed by atoms with Crippen LogP contribution < -0.4 is 15.5 Å². The van der Waals surface area contributed by atoms with Crippen molar-refractivity contribution in [3.05, 3.63) is 23.8 Å². The number of benzene rings is 1. The lowest BCUT2D eigenvalue weighted by molar-refractivity contribution is -0.118. The molecule has 1 aliphatic heterocycles. The van der Waals surface area contributed by atoms with E-state index in [2.05, 4.69) is 6.07 Å². The molecule has 1 aromatic rings. The van der Waals surface area contributed by atoms with Gasteiger partial charge in [-0.3, -0.25) is 4.79 Å². The molecule has 104 valence electrons. The largest absolute Gasteiger partial charge is 0.390 e. The first-order valence-corrected chi connectivity index (χ1v) is 6.51. The quantitative estimate of drug-likeness (QED) is 0.822. The van der Waals surface area contributed by atoms with Gasteiger partial charge in [0.1, 0.15) is 0 Å².